The number of benzene rings is 1. The lowest BCUT2D eigenvalue weighted by atomic mass is 10.0. The van der Waals surface area contributed by atoms with Gasteiger partial charge in [-0.2, -0.15) is 0 Å². The van der Waals surface area contributed by atoms with E-state index >= 15 is 0 Å². The number of para-hydroxylation sites is 1. The SMILES string of the molecule is CCC(NC(=O)C(Br)C(C)C)c1ccccc1OC. The van der Waals surface area contributed by atoms with Crippen molar-refractivity contribution in [1.82, 2.24) is 5.32 Å². The van der Waals surface area contributed by atoms with E-state index in [1.165, 1.54) is 0 Å². The van der Waals surface area contributed by atoms with Crippen LogP contribution < -0.4 is 10.1 Å². The lowest BCUT2D eigenvalue weighted by molar-refractivity contribution is -0.121. The van der Waals surface area contributed by atoms with E-state index in [-0.39, 0.29) is 22.7 Å². The van der Waals surface area contributed by atoms with Gasteiger partial charge >= 0.3 is 0 Å². The average molecular weight is 328 g/mol. The van der Waals surface area contributed by atoms with Gasteiger partial charge in [0.15, 0.2) is 0 Å². The van der Waals surface area contributed by atoms with Crippen LogP contribution in [0.2, 0.25) is 0 Å². The molecule has 2 unspecified atom stereocenters. The van der Waals surface area contributed by atoms with Crippen molar-refractivity contribution in [3.05, 3.63) is 29.8 Å². The van der Waals surface area contributed by atoms with Gasteiger partial charge in [0.1, 0.15) is 5.75 Å². The molecule has 0 saturated heterocycles. The van der Waals surface area contributed by atoms with Gasteiger partial charge in [-0.3, -0.25) is 4.79 Å². The first-order valence-electron chi connectivity index (χ1n) is 6.58. The number of nitrogens with one attached hydrogen (secondary N) is 1. The highest BCUT2D eigenvalue weighted by Gasteiger charge is 2.23. The van der Waals surface area contributed by atoms with E-state index in [0.717, 1.165) is 17.7 Å². The summed E-state index contributed by atoms with van der Waals surface area (Å²) in [5, 5.41) is 3.07. The Labute approximate surface area is 123 Å². The molecule has 1 N–H and O–H groups in total. The van der Waals surface area contributed by atoms with Crippen molar-refractivity contribution in [2.45, 2.75) is 38.1 Å². The van der Waals surface area contributed by atoms with Crippen LogP contribution in [0.4, 0.5) is 0 Å². The molecule has 0 aliphatic heterocycles. The molecule has 1 aromatic rings. The molecular weight excluding hydrogens is 306 g/mol. The van der Waals surface area contributed by atoms with Crippen molar-refractivity contribution in [3.63, 3.8) is 0 Å². The van der Waals surface area contributed by atoms with Crippen LogP contribution in [0.15, 0.2) is 24.3 Å². The van der Waals surface area contributed by atoms with Gasteiger partial charge in [0, 0.05) is 5.56 Å². The molecule has 0 aliphatic rings. The zero-order chi connectivity index (χ0) is 14.4. The Morgan fingerprint density at radius 1 is 1.37 bits per heavy atom. The molecule has 0 aromatic heterocycles. The molecule has 1 aromatic carbocycles. The van der Waals surface area contributed by atoms with Crippen molar-refractivity contribution in [1.29, 1.82) is 0 Å². The third-order valence-corrected chi connectivity index (χ3v) is 4.55. The zero-order valence-corrected chi connectivity index (χ0v) is 13.5. The normalized spacial score (nSPS) is 14.0. The standard InChI is InChI=1S/C15H22BrNO2/c1-5-12(17-15(18)14(16)10(2)3)11-8-6-7-9-13(11)19-4/h6-10,12,14H,5H2,1-4H3,(H,17,18). The Morgan fingerprint density at radius 3 is 2.53 bits per heavy atom. The minimum atomic E-state index is -0.170. The molecular formula is C15H22BrNO2. The summed E-state index contributed by atoms with van der Waals surface area (Å²) in [5.41, 5.74) is 1.02. The van der Waals surface area contributed by atoms with E-state index in [9.17, 15) is 4.79 Å². The fourth-order valence-electron chi connectivity index (χ4n) is 1.91. The quantitative estimate of drug-likeness (QED) is 0.809. The Balaban J connectivity index is 2.86. The van der Waals surface area contributed by atoms with Crippen LogP contribution in [-0.4, -0.2) is 17.8 Å². The summed E-state index contributed by atoms with van der Waals surface area (Å²) in [6.07, 6.45) is 0.823. The highest BCUT2D eigenvalue weighted by molar-refractivity contribution is 9.10. The van der Waals surface area contributed by atoms with Crippen molar-refractivity contribution in [2.24, 2.45) is 5.92 Å². The smallest absolute Gasteiger partial charge is 0.234 e. The van der Waals surface area contributed by atoms with E-state index in [1.807, 2.05) is 38.1 Å². The molecule has 0 radical (unpaired) electrons. The van der Waals surface area contributed by atoms with Crippen LogP contribution in [0.5, 0.6) is 5.75 Å². The van der Waals surface area contributed by atoms with Crippen LogP contribution in [0, 0.1) is 5.92 Å². The molecule has 1 rings (SSSR count). The number of amides is 1. The first-order chi connectivity index (χ1) is 9.01. The first kappa shape index (κ1) is 16.0. The Bertz CT molecular complexity index is 420. The highest BCUT2D eigenvalue weighted by Crippen LogP contribution is 2.27. The third-order valence-electron chi connectivity index (χ3n) is 3.07. The van der Waals surface area contributed by atoms with Gasteiger partial charge < -0.3 is 10.1 Å². The largest absolute Gasteiger partial charge is 0.496 e. The topological polar surface area (TPSA) is 38.3 Å². The molecule has 0 bridgehead atoms. The number of methoxy groups -OCH3 is 1. The van der Waals surface area contributed by atoms with Gasteiger partial charge in [-0.15, -0.1) is 0 Å². The molecule has 3 nitrogen and oxygen atoms in total. The summed E-state index contributed by atoms with van der Waals surface area (Å²) in [5.74, 6) is 1.09. The molecule has 0 fully saturated rings. The molecule has 1 amide bonds. The van der Waals surface area contributed by atoms with Crippen LogP contribution >= 0.6 is 15.9 Å². The number of hydrogen-bond donors (Lipinski definition) is 1. The van der Waals surface area contributed by atoms with Gasteiger partial charge in [0.05, 0.1) is 18.0 Å². The molecule has 0 spiro atoms. The number of hydrogen-bond acceptors (Lipinski definition) is 2. The first-order valence-corrected chi connectivity index (χ1v) is 7.50. The van der Waals surface area contributed by atoms with E-state index in [2.05, 4.69) is 28.2 Å². The lowest BCUT2D eigenvalue weighted by Gasteiger charge is -2.22. The summed E-state index contributed by atoms with van der Waals surface area (Å²) in [4.78, 5) is 12.0. The maximum atomic E-state index is 12.1. The fourth-order valence-corrected chi connectivity index (χ4v) is 2.04. The van der Waals surface area contributed by atoms with Gasteiger partial charge in [-0.1, -0.05) is 54.9 Å². The predicted molar refractivity (Wildman–Crippen MR) is 81.7 cm³/mol. The minimum Gasteiger partial charge on any atom is -0.496 e. The Kier molecular flexibility index (Phi) is 6.35. The number of alkyl halides is 1. The second-order valence-electron chi connectivity index (χ2n) is 4.86. The monoisotopic (exact) mass is 327 g/mol. The second kappa shape index (κ2) is 7.53. The molecule has 106 valence electrons. The number of carbonyl (C=O) groups is 1. The molecule has 4 heteroatoms. The van der Waals surface area contributed by atoms with E-state index < -0.39 is 0 Å². The van der Waals surface area contributed by atoms with Crippen LogP contribution in [0.3, 0.4) is 0 Å². The molecule has 0 heterocycles. The number of rotatable bonds is 6. The molecule has 0 saturated carbocycles. The minimum absolute atomic E-state index is 0.0211. The fraction of sp³-hybridized carbons (Fsp3) is 0.533. The van der Waals surface area contributed by atoms with Crippen molar-refractivity contribution >= 4 is 21.8 Å². The summed E-state index contributed by atoms with van der Waals surface area (Å²) >= 11 is 3.43. The number of ether oxygens (including phenoxy) is 1. The van der Waals surface area contributed by atoms with Gasteiger partial charge in [-0.25, -0.2) is 0 Å². The van der Waals surface area contributed by atoms with Crippen LogP contribution in [0.25, 0.3) is 0 Å². The van der Waals surface area contributed by atoms with Crippen molar-refractivity contribution in [3.8, 4) is 5.75 Å². The summed E-state index contributed by atoms with van der Waals surface area (Å²) in [6, 6.07) is 7.77. The maximum absolute atomic E-state index is 12.1. The van der Waals surface area contributed by atoms with Crippen LogP contribution in [-0.2, 0) is 4.79 Å². The van der Waals surface area contributed by atoms with E-state index in [4.69, 9.17) is 4.74 Å². The second-order valence-corrected chi connectivity index (χ2v) is 5.84. The average Bonchev–Trinajstić information content (AvgIpc) is 2.43. The molecule has 0 aliphatic carbocycles. The third kappa shape index (κ3) is 4.23. The van der Waals surface area contributed by atoms with Gasteiger partial charge in [0.2, 0.25) is 5.91 Å². The summed E-state index contributed by atoms with van der Waals surface area (Å²) < 4.78 is 5.35. The zero-order valence-electron chi connectivity index (χ0n) is 11.9. The van der Waals surface area contributed by atoms with Gasteiger partial charge in [-0.05, 0) is 18.4 Å². The summed E-state index contributed by atoms with van der Waals surface area (Å²) in [7, 11) is 1.65. The number of halogens is 1. The Hall–Kier alpha value is -1.03. The number of carbonyl (C=O) groups excluding carboxylic acids is 1. The van der Waals surface area contributed by atoms with Crippen molar-refractivity contribution in [2.75, 3.05) is 7.11 Å². The maximum Gasteiger partial charge on any atom is 0.234 e. The van der Waals surface area contributed by atoms with E-state index in [1.54, 1.807) is 7.11 Å². The van der Waals surface area contributed by atoms with Crippen molar-refractivity contribution < 1.29 is 9.53 Å². The Morgan fingerprint density at radius 2 is 2.00 bits per heavy atom. The molecule has 19 heavy (non-hydrogen) atoms. The van der Waals surface area contributed by atoms with Gasteiger partial charge in [0.25, 0.3) is 0 Å². The molecule has 2 atom stereocenters. The predicted octanol–water partition coefficient (Wildman–Crippen LogP) is 3.68. The van der Waals surface area contributed by atoms with Crippen LogP contribution in [0.1, 0.15) is 38.8 Å². The lowest BCUT2D eigenvalue weighted by Crippen LogP contribution is -2.36. The highest BCUT2D eigenvalue weighted by atomic mass is 79.9. The summed E-state index contributed by atoms with van der Waals surface area (Å²) in [6.45, 7) is 6.09. The van der Waals surface area contributed by atoms with E-state index in [0.29, 0.717) is 0 Å².